The van der Waals surface area contributed by atoms with Crippen LogP contribution in [0.3, 0.4) is 0 Å². The highest BCUT2D eigenvalue weighted by molar-refractivity contribution is 5.71. The van der Waals surface area contributed by atoms with E-state index in [1.54, 1.807) is 0 Å². The molecule has 0 bridgehead atoms. The highest BCUT2D eigenvalue weighted by Crippen LogP contribution is 2.14. The number of carboxylic acid groups (broad SMARTS) is 1. The third-order valence-corrected chi connectivity index (χ3v) is 1.18. The number of ether oxygens (including phenoxy) is 1. The molecule has 2 atom stereocenters. The summed E-state index contributed by atoms with van der Waals surface area (Å²) in [7, 11) is 0. The van der Waals surface area contributed by atoms with Gasteiger partial charge in [0.2, 0.25) is 0 Å². The molecule has 4 heteroatoms. The maximum atomic E-state index is 10.0. The molecule has 0 amide bonds. The molecule has 8 heavy (non-hydrogen) atoms. The SMILES string of the molecule is NC1OCC1C(=O)O. The van der Waals surface area contributed by atoms with Crippen LogP contribution in [-0.4, -0.2) is 23.9 Å². The van der Waals surface area contributed by atoms with Crippen LogP contribution in [0, 0.1) is 5.92 Å². The van der Waals surface area contributed by atoms with Crippen molar-refractivity contribution in [3.63, 3.8) is 0 Å². The normalized spacial score (nSPS) is 36.1. The van der Waals surface area contributed by atoms with E-state index in [4.69, 9.17) is 10.8 Å². The van der Waals surface area contributed by atoms with Crippen LogP contribution in [0.15, 0.2) is 0 Å². The largest absolute Gasteiger partial charge is 0.481 e. The van der Waals surface area contributed by atoms with Crippen molar-refractivity contribution in [2.75, 3.05) is 6.61 Å². The van der Waals surface area contributed by atoms with E-state index in [1.807, 2.05) is 0 Å². The van der Waals surface area contributed by atoms with Crippen molar-refractivity contribution in [3.05, 3.63) is 0 Å². The Bertz CT molecular complexity index is 114. The Labute approximate surface area is 46.2 Å². The smallest absolute Gasteiger partial charge is 0.312 e. The van der Waals surface area contributed by atoms with Gasteiger partial charge in [0.15, 0.2) is 0 Å². The molecular weight excluding hydrogens is 110 g/mol. The second-order valence-electron chi connectivity index (χ2n) is 1.74. The molecule has 1 fully saturated rings. The van der Waals surface area contributed by atoms with Crippen LogP contribution in [0.4, 0.5) is 0 Å². The zero-order valence-corrected chi connectivity index (χ0v) is 4.20. The van der Waals surface area contributed by atoms with Crippen molar-refractivity contribution in [1.29, 1.82) is 0 Å². The minimum absolute atomic E-state index is 0.260. The molecule has 1 saturated heterocycles. The summed E-state index contributed by atoms with van der Waals surface area (Å²) in [5, 5.41) is 8.24. The predicted octanol–water partition coefficient (Wildman–Crippen LogP) is -0.998. The van der Waals surface area contributed by atoms with Crippen LogP contribution in [-0.2, 0) is 9.53 Å². The van der Waals surface area contributed by atoms with Gasteiger partial charge >= 0.3 is 5.97 Å². The number of nitrogens with two attached hydrogens (primary N) is 1. The quantitative estimate of drug-likeness (QED) is 0.462. The van der Waals surface area contributed by atoms with E-state index < -0.39 is 18.1 Å². The zero-order valence-electron chi connectivity index (χ0n) is 4.20. The Morgan fingerprint density at radius 2 is 2.50 bits per heavy atom. The Kier molecular flexibility index (Phi) is 1.19. The Morgan fingerprint density at radius 1 is 1.88 bits per heavy atom. The molecule has 4 nitrogen and oxygen atoms in total. The fourth-order valence-corrected chi connectivity index (χ4v) is 0.515. The molecule has 3 N–H and O–H groups in total. The second kappa shape index (κ2) is 1.72. The number of carbonyl (C=O) groups is 1. The summed E-state index contributed by atoms with van der Waals surface area (Å²) < 4.78 is 4.60. The average molecular weight is 117 g/mol. The molecule has 1 heterocycles. The molecule has 46 valence electrons. The molecule has 1 rings (SSSR count). The molecule has 0 aliphatic carbocycles. The van der Waals surface area contributed by atoms with Gasteiger partial charge in [0.05, 0.1) is 6.61 Å². The minimum Gasteiger partial charge on any atom is -0.481 e. The maximum absolute atomic E-state index is 10.0. The summed E-state index contributed by atoms with van der Waals surface area (Å²) >= 11 is 0. The first-order valence-corrected chi connectivity index (χ1v) is 2.32. The molecule has 1 aliphatic rings. The summed E-state index contributed by atoms with van der Waals surface area (Å²) in [5.41, 5.74) is 5.12. The van der Waals surface area contributed by atoms with E-state index >= 15 is 0 Å². The number of aliphatic carboxylic acids is 1. The highest BCUT2D eigenvalue weighted by atomic mass is 16.5. The van der Waals surface area contributed by atoms with Crippen LogP contribution >= 0.6 is 0 Å². The van der Waals surface area contributed by atoms with Gasteiger partial charge in [-0.15, -0.1) is 0 Å². The van der Waals surface area contributed by atoms with Crippen LogP contribution < -0.4 is 5.73 Å². The van der Waals surface area contributed by atoms with Crippen LogP contribution in [0.1, 0.15) is 0 Å². The lowest BCUT2D eigenvalue weighted by Gasteiger charge is -2.29. The standard InChI is InChI=1S/C4H7NO3/c5-3-2(1-8-3)4(6)7/h2-3H,1,5H2,(H,6,7). The molecule has 2 unspecified atom stereocenters. The van der Waals surface area contributed by atoms with Gasteiger partial charge in [-0.1, -0.05) is 0 Å². The lowest BCUT2D eigenvalue weighted by atomic mass is 10.1. The average Bonchev–Trinajstić information content (AvgIpc) is 1.61. The van der Waals surface area contributed by atoms with Crippen molar-refractivity contribution in [2.24, 2.45) is 11.7 Å². The van der Waals surface area contributed by atoms with Gasteiger partial charge in [0.1, 0.15) is 12.1 Å². The van der Waals surface area contributed by atoms with Gasteiger partial charge in [-0.3, -0.25) is 4.79 Å². The maximum Gasteiger partial charge on any atom is 0.312 e. The summed E-state index contributed by atoms with van der Waals surface area (Å²) in [6.45, 7) is 0.260. The summed E-state index contributed by atoms with van der Waals surface area (Å²) in [6.07, 6.45) is -0.576. The number of rotatable bonds is 1. The second-order valence-corrected chi connectivity index (χ2v) is 1.74. The minimum atomic E-state index is -0.872. The van der Waals surface area contributed by atoms with Gasteiger partial charge in [0.25, 0.3) is 0 Å². The fourth-order valence-electron chi connectivity index (χ4n) is 0.515. The van der Waals surface area contributed by atoms with E-state index in [0.29, 0.717) is 0 Å². The first-order valence-electron chi connectivity index (χ1n) is 2.32. The Balaban J connectivity index is 2.37. The van der Waals surface area contributed by atoms with E-state index in [1.165, 1.54) is 0 Å². The van der Waals surface area contributed by atoms with Gasteiger partial charge in [-0.05, 0) is 0 Å². The van der Waals surface area contributed by atoms with Crippen molar-refractivity contribution < 1.29 is 14.6 Å². The van der Waals surface area contributed by atoms with E-state index in [-0.39, 0.29) is 6.61 Å². The number of carboxylic acids is 1. The molecule has 0 spiro atoms. The Hall–Kier alpha value is -0.610. The van der Waals surface area contributed by atoms with Crippen molar-refractivity contribution in [2.45, 2.75) is 6.23 Å². The first kappa shape index (κ1) is 5.53. The topological polar surface area (TPSA) is 72.5 Å². The molecule has 1 aliphatic heterocycles. The van der Waals surface area contributed by atoms with E-state index in [2.05, 4.69) is 4.74 Å². The fraction of sp³-hybridized carbons (Fsp3) is 0.750. The molecule has 0 aromatic rings. The van der Waals surface area contributed by atoms with Gasteiger partial charge in [-0.25, -0.2) is 0 Å². The van der Waals surface area contributed by atoms with Crippen molar-refractivity contribution in [1.82, 2.24) is 0 Å². The lowest BCUT2D eigenvalue weighted by molar-refractivity contribution is -0.171. The van der Waals surface area contributed by atoms with Gasteiger partial charge in [0, 0.05) is 0 Å². The van der Waals surface area contributed by atoms with Gasteiger partial charge in [-0.2, -0.15) is 0 Å². The van der Waals surface area contributed by atoms with Crippen LogP contribution in [0.25, 0.3) is 0 Å². The van der Waals surface area contributed by atoms with E-state index in [9.17, 15) is 4.79 Å². The molecule has 0 aromatic carbocycles. The van der Waals surface area contributed by atoms with Crippen LogP contribution in [0.5, 0.6) is 0 Å². The van der Waals surface area contributed by atoms with Gasteiger partial charge < -0.3 is 15.6 Å². The monoisotopic (exact) mass is 117 g/mol. The molecule has 0 radical (unpaired) electrons. The molecule has 0 saturated carbocycles. The third kappa shape index (κ3) is 0.677. The number of hydrogen-bond acceptors (Lipinski definition) is 3. The Morgan fingerprint density at radius 3 is 2.50 bits per heavy atom. The van der Waals surface area contributed by atoms with E-state index in [0.717, 1.165) is 0 Å². The van der Waals surface area contributed by atoms with Crippen molar-refractivity contribution >= 4 is 5.97 Å². The summed E-state index contributed by atoms with van der Waals surface area (Å²) in [5.74, 6) is -1.35. The van der Waals surface area contributed by atoms with Crippen LogP contribution in [0.2, 0.25) is 0 Å². The first-order chi connectivity index (χ1) is 3.72. The highest BCUT2D eigenvalue weighted by Gasteiger charge is 2.34. The van der Waals surface area contributed by atoms with Crippen molar-refractivity contribution in [3.8, 4) is 0 Å². The number of hydrogen-bond donors (Lipinski definition) is 2. The predicted molar refractivity (Wildman–Crippen MR) is 25.1 cm³/mol. The molecule has 0 aromatic heterocycles. The molecular formula is C4H7NO3. The third-order valence-electron chi connectivity index (χ3n) is 1.18. The lowest BCUT2D eigenvalue weighted by Crippen LogP contribution is -2.50. The summed E-state index contributed by atoms with van der Waals surface area (Å²) in [6, 6.07) is 0. The summed E-state index contributed by atoms with van der Waals surface area (Å²) in [4.78, 5) is 10.0. The zero-order chi connectivity index (χ0) is 6.15.